The second-order valence-corrected chi connectivity index (χ2v) is 7.73. The van der Waals surface area contributed by atoms with Gasteiger partial charge in [-0.2, -0.15) is 0 Å². The van der Waals surface area contributed by atoms with Gasteiger partial charge in [0.1, 0.15) is 5.58 Å². The van der Waals surface area contributed by atoms with E-state index in [2.05, 4.69) is 4.98 Å². The number of fused-ring (bicyclic) bond motifs is 1. The molecule has 0 saturated heterocycles. The number of aromatic nitrogens is 1. The van der Waals surface area contributed by atoms with Crippen LogP contribution in [0.1, 0.15) is 27.7 Å². The summed E-state index contributed by atoms with van der Waals surface area (Å²) in [6, 6.07) is 10.1. The van der Waals surface area contributed by atoms with E-state index in [-0.39, 0.29) is 11.3 Å². The Kier molecular flexibility index (Phi) is 5.13. The van der Waals surface area contributed by atoms with Crippen LogP contribution in [0.2, 0.25) is 0 Å². The van der Waals surface area contributed by atoms with Crippen molar-refractivity contribution in [2.24, 2.45) is 0 Å². The van der Waals surface area contributed by atoms with Crippen molar-refractivity contribution in [1.29, 1.82) is 0 Å². The van der Waals surface area contributed by atoms with Gasteiger partial charge in [0.05, 0.1) is 11.6 Å². The van der Waals surface area contributed by atoms with Gasteiger partial charge in [0.15, 0.2) is 11.5 Å². The van der Waals surface area contributed by atoms with Gasteiger partial charge in [0.2, 0.25) is 5.78 Å². The van der Waals surface area contributed by atoms with Crippen LogP contribution in [0.5, 0.6) is 0 Å². The molecule has 154 valence electrons. The van der Waals surface area contributed by atoms with E-state index in [1.165, 1.54) is 4.90 Å². The number of ketones is 1. The largest absolute Gasteiger partial charge is 0.503 e. The molecule has 0 saturated carbocycles. The fourth-order valence-electron chi connectivity index (χ4n) is 3.72. The number of furan rings is 1. The second-order valence-electron chi connectivity index (χ2n) is 7.73. The summed E-state index contributed by atoms with van der Waals surface area (Å²) in [4.78, 5) is 33.8. The van der Waals surface area contributed by atoms with E-state index in [0.29, 0.717) is 24.2 Å². The van der Waals surface area contributed by atoms with Crippen molar-refractivity contribution < 1.29 is 19.1 Å². The summed E-state index contributed by atoms with van der Waals surface area (Å²) in [7, 11) is 3.80. The Bertz CT molecular complexity index is 1150. The minimum Gasteiger partial charge on any atom is -0.503 e. The summed E-state index contributed by atoms with van der Waals surface area (Å²) >= 11 is 0. The van der Waals surface area contributed by atoms with Crippen LogP contribution in [-0.4, -0.2) is 58.8 Å². The number of hydrogen-bond acceptors (Lipinski definition) is 6. The number of pyridine rings is 1. The lowest BCUT2D eigenvalue weighted by atomic mass is 9.96. The number of aliphatic hydroxyl groups is 1. The molecular formula is C23H23N3O4. The number of amides is 1. The molecule has 30 heavy (non-hydrogen) atoms. The average molecular weight is 405 g/mol. The monoisotopic (exact) mass is 405 g/mol. The number of aryl methyl sites for hydroxylation is 1. The van der Waals surface area contributed by atoms with Crippen LogP contribution in [0.15, 0.2) is 64.5 Å². The van der Waals surface area contributed by atoms with Crippen molar-refractivity contribution in [2.45, 2.75) is 13.0 Å². The van der Waals surface area contributed by atoms with Gasteiger partial charge in [-0.3, -0.25) is 14.6 Å². The van der Waals surface area contributed by atoms with Gasteiger partial charge < -0.3 is 19.3 Å². The standard InChI is InChI=1S/C23H23N3O4/c1-14-6-7-17-16(11-14)12-18(30-17)21(27)19-20(15-5-4-8-24-13-15)26(10-9-25(2)3)23(29)22(19)28/h4-8,11-13,20,28H,9-10H2,1-3H3. The van der Waals surface area contributed by atoms with Crippen LogP contribution in [-0.2, 0) is 4.79 Å². The van der Waals surface area contributed by atoms with Crippen LogP contribution in [0.25, 0.3) is 11.0 Å². The molecule has 0 bridgehead atoms. The first-order valence-electron chi connectivity index (χ1n) is 9.70. The van der Waals surface area contributed by atoms with Gasteiger partial charge in [-0.25, -0.2) is 0 Å². The summed E-state index contributed by atoms with van der Waals surface area (Å²) in [6.45, 7) is 2.89. The molecule has 7 nitrogen and oxygen atoms in total. The summed E-state index contributed by atoms with van der Waals surface area (Å²) in [5.41, 5.74) is 2.30. The molecule has 0 fully saturated rings. The van der Waals surface area contributed by atoms with Gasteiger partial charge in [-0.15, -0.1) is 0 Å². The lowest BCUT2D eigenvalue weighted by molar-refractivity contribution is -0.129. The first kappa shape index (κ1) is 19.8. The minimum absolute atomic E-state index is 0.0162. The Balaban J connectivity index is 1.78. The molecule has 0 aliphatic carbocycles. The van der Waals surface area contributed by atoms with Crippen molar-refractivity contribution in [1.82, 2.24) is 14.8 Å². The minimum atomic E-state index is -0.728. The summed E-state index contributed by atoms with van der Waals surface area (Å²) in [6.07, 6.45) is 3.23. The van der Waals surface area contributed by atoms with E-state index in [0.717, 1.165) is 10.9 Å². The zero-order chi connectivity index (χ0) is 21.4. The van der Waals surface area contributed by atoms with Gasteiger partial charge in [0.25, 0.3) is 5.91 Å². The van der Waals surface area contributed by atoms with Crippen LogP contribution >= 0.6 is 0 Å². The fraction of sp³-hybridized carbons (Fsp3) is 0.261. The SMILES string of the molecule is Cc1ccc2oc(C(=O)C3=C(O)C(=O)N(CCN(C)C)C3c3cccnc3)cc2c1. The van der Waals surface area contributed by atoms with Gasteiger partial charge in [-0.05, 0) is 50.8 Å². The van der Waals surface area contributed by atoms with E-state index < -0.39 is 23.5 Å². The van der Waals surface area contributed by atoms with E-state index in [1.807, 2.05) is 38.1 Å². The molecule has 4 rings (SSSR count). The zero-order valence-electron chi connectivity index (χ0n) is 17.1. The number of nitrogens with zero attached hydrogens (tertiary/aromatic N) is 3. The average Bonchev–Trinajstić information content (AvgIpc) is 3.25. The molecule has 0 radical (unpaired) electrons. The molecule has 1 aromatic carbocycles. The Morgan fingerprint density at radius 2 is 2.07 bits per heavy atom. The third-order valence-electron chi connectivity index (χ3n) is 5.23. The van der Waals surface area contributed by atoms with Gasteiger partial charge in [-0.1, -0.05) is 17.7 Å². The van der Waals surface area contributed by atoms with Crippen LogP contribution in [0.3, 0.4) is 0 Å². The van der Waals surface area contributed by atoms with Crippen molar-refractivity contribution >= 4 is 22.7 Å². The Morgan fingerprint density at radius 1 is 1.27 bits per heavy atom. The molecule has 1 atom stereocenters. The van der Waals surface area contributed by atoms with Crippen LogP contribution in [0.4, 0.5) is 0 Å². The maximum atomic E-state index is 13.4. The normalized spacial score (nSPS) is 16.9. The fourth-order valence-corrected chi connectivity index (χ4v) is 3.72. The zero-order valence-corrected chi connectivity index (χ0v) is 17.1. The smallest absolute Gasteiger partial charge is 0.290 e. The number of aliphatic hydroxyl groups excluding tert-OH is 1. The van der Waals surface area contributed by atoms with Crippen molar-refractivity contribution in [2.75, 3.05) is 27.2 Å². The van der Waals surface area contributed by atoms with E-state index in [4.69, 9.17) is 4.42 Å². The van der Waals surface area contributed by atoms with Crippen molar-refractivity contribution in [3.8, 4) is 0 Å². The quantitative estimate of drug-likeness (QED) is 0.634. The topological polar surface area (TPSA) is 86.9 Å². The summed E-state index contributed by atoms with van der Waals surface area (Å²) in [5.74, 6) is -1.52. The molecule has 1 aliphatic heterocycles. The molecule has 7 heteroatoms. The maximum absolute atomic E-state index is 13.4. The molecule has 2 aromatic heterocycles. The molecule has 1 amide bonds. The number of hydrogen-bond donors (Lipinski definition) is 1. The molecule has 1 aliphatic rings. The predicted octanol–water partition coefficient (Wildman–Crippen LogP) is 3.28. The van der Waals surface area contributed by atoms with Crippen molar-refractivity contribution in [3.63, 3.8) is 0 Å². The van der Waals surface area contributed by atoms with Gasteiger partial charge in [0, 0.05) is 30.9 Å². The Hall–Kier alpha value is -3.45. The Labute approximate surface area is 174 Å². The first-order valence-corrected chi connectivity index (χ1v) is 9.70. The molecule has 1 N–H and O–H groups in total. The van der Waals surface area contributed by atoms with Crippen LogP contribution in [0, 0.1) is 6.92 Å². The number of likely N-dealkylation sites (N-methyl/N-ethyl adjacent to an activating group) is 1. The first-order chi connectivity index (χ1) is 14.4. The second kappa shape index (κ2) is 7.76. The molecule has 0 spiro atoms. The molecule has 3 heterocycles. The summed E-state index contributed by atoms with van der Waals surface area (Å²) in [5, 5.41) is 11.5. The third kappa shape index (κ3) is 3.48. The molecule has 1 unspecified atom stereocenters. The highest BCUT2D eigenvalue weighted by Crippen LogP contribution is 2.39. The lowest BCUT2D eigenvalue weighted by Gasteiger charge is -2.27. The molecular weight excluding hydrogens is 382 g/mol. The maximum Gasteiger partial charge on any atom is 0.290 e. The number of benzene rings is 1. The number of carbonyl (C=O) groups excluding carboxylic acids is 2. The van der Waals surface area contributed by atoms with E-state index in [1.54, 1.807) is 36.7 Å². The molecule has 3 aromatic rings. The van der Waals surface area contributed by atoms with E-state index in [9.17, 15) is 14.7 Å². The van der Waals surface area contributed by atoms with Gasteiger partial charge >= 0.3 is 0 Å². The van der Waals surface area contributed by atoms with Crippen LogP contribution < -0.4 is 0 Å². The number of Topliss-reactive ketones (excluding diaryl/α,β-unsaturated/α-hetero) is 1. The lowest BCUT2D eigenvalue weighted by Crippen LogP contribution is -2.36. The Morgan fingerprint density at radius 3 is 2.77 bits per heavy atom. The van der Waals surface area contributed by atoms with E-state index >= 15 is 0 Å². The number of rotatable bonds is 6. The highest BCUT2D eigenvalue weighted by Gasteiger charge is 2.44. The highest BCUT2D eigenvalue weighted by molar-refractivity contribution is 6.16. The number of carbonyl (C=O) groups is 2. The highest BCUT2D eigenvalue weighted by atomic mass is 16.3. The van der Waals surface area contributed by atoms with Crippen molar-refractivity contribution in [3.05, 3.63) is 77.0 Å². The third-order valence-corrected chi connectivity index (χ3v) is 5.23. The predicted molar refractivity (Wildman–Crippen MR) is 112 cm³/mol. The summed E-state index contributed by atoms with van der Waals surface area (Å²) < 4.78 is 5.75.